The van der Waals surface area contributed by atoms with Crippen LogP contribution in [0.15, 0.2) is 42.6 Å². The SMILES string of the molecule is CCOC(=O)c1cc2nc([C@@H](C)[C@H]3CC[C@@H](c4ccnc5ccc(F)cc54)CC3)[nH]c2cc1C. The van der Waals surface area contributed by atoms with E-state index >= 15 is 0 Å². The molecule has 0 aliphatic heterocycles. The monoisotopic (exact) mass is 459 g/mol. The van der Waals surface area contributed by atoms with Crippen LogP contribution in [0.2, 0.25) is 0 Å². The maximum atomic E-state index is 13.9. The second-order valence-electron chi connectivity index (χ2n) is 9.49. The van der Waals surface area contributed by atoms with Gasteiger partial charge in [0.1, 0.15) is 11.6 Å². The molecule has 2 aromatic heterocycles. The van der Waals surface area contributed by atoms with Crippen LogP contribution in [0, 0.1) is 18.7 Å². The van der Waals surface area contributed by atoms with Gasteiger partial charge in [-0.3, -0.25) is 4.98 Å². The normalized spacial score (nSPS) is 19.4. The molecule has 1 fully saturated rings. The number of pyridine rings is 1. The number of halogens is 1. The molecule has 5 rings (SSSR count). The summed E-state index contributed by atoms with van der Waals surface area (Å²) >= 11 is 0. The zero-order chi connectivity index (χ0) is 23.8. The maximum absolute atomic E-state index is 13.9. The Balaban J connectivity index is 1.33. The minimum absolute atomic E-state index is 0.213. The molecule has 5 nitrogen and oxygen atoms in total. The quantitative estimate of drug-likeness (QED) is 0.333. The summed E-state index contributed by atoms with van der Waals surface area (Å²) in [6.45, 7) is 6.32. The van der Waals surface area contributed by atoms with Crippen molar-refractivity contribution in [2.45, 2.75) is 58.3 Å². The fourth-order valence-corrected chi connectivity index (χ4v) is 5.48. The Labute approximate surface area is 198 Å². The molecule has 0 saturated heterocycles. The highest BCUT2D eigenvalue weighted by atomic mass is 19.1. The number of imidazole rings is 1. The zero-order valence-corrected chi connectivity index (χ0v) is 19.9. The third-order valence-corrected chi connectivity index (χ3v) is 7.43. The summed E-state index contributed by atoms with van der Waals surface area (Å²) in [7, 11) is 0. The number of carbonyl (C=O) groups excluding carboxylic acids is 1. The Morgan fingerprint density at radius 1 is 1.15 bits per heavy atom. The van der Waals surface area contributed by atoms with Gasteiger partial charge < -0.3 is 9.72 Å². The molecular weight excluding hydrogens is 429 g/mol. The van der Waals surface area contributed by atoms with Crippen molar-refractivity contribution >= 4 is 27.9 Å². The number of fused-ring (bicyclic) bond motifs is 2. The maximum Gasteiger partial charge on any atom is 0.338 e. The number of nitrogens with one attached hydrogen (secondary N) is 1. The molecule has 1 aliphatic rings. The van der Waals surface area contributed by atoms with E-state index in [2.05, 4.69) is 23.0 Å². The lowest BCUT2D eigenvalue weighted by Gasteiger charge is -2.32. The van der Waals surface area contributed by atoms with E-state index in [1.54, 1.807) is 12.1 Å². The van der Waals surface area contributed by atoms with Gasteiger partial charge >= 0.3 is 5.97 Å². The first-order valence-electron chi connectivity index (χ1n) is 12.2. The Hall–Kier alpha value is -3.28. The second kappa shape index (κ2) is 9.16. The van der Waals surface area contributed by atoms with Gasteiger partial charge in [0.25, 0.3) is 0 Å². The van der Waals surface area contributed by atoms with Gasteiger partial charge in [-0.05, 0) is 98.9 Å². The van der Waals surface area contributed by atoms with Crippen LogP contribution in [0.25, 0.3) is 21.9 Å². The van der Waals surface area contributed by atoms with E-state index in [1.807, 2.05) is 32.2 Å². The number of nitrogens with zero attached hydrogens (tertiary/aromatic N) is 2. The van der Waals surface area contributed by atoms with E-state index in [9.17, 15) is 9.18 Å². The second-order valence-corrected chi connectivity index (χ2v) is 9.49. The van der Waals surface area contributed by atoms with Crippen LogP contribution < -0.4 is 0 Å². The number of H-pyrrole nitrogens is 1. The van der Waals surface area contributed by atoms with E-state index in [0.717, 1.165) is 59.0 Å². The smallest absolute Gasteiger partial charge is 0.338 e. The average molecular weight is 460 g/mol. The molecule has 4 aromatic rings. The van der Waals surface area contributed by atoms with Crippen molar-refractivity contribution in [1.29, 1.82) is 0 Å². The number of carbonyl (C=O) groups is 1. The first kappa shape index (κ1) is 22.5. The molecule has 0 amide bonds. The standard InChI is InChI=1S/C28H30FN3O2/c1-4-34-28(33)22-15-26-25(13-16(22)2)31-27(32-26)17(3)18-5-7-19(8-6-18)21-11-12-30-24-10-9-20(29)14-23(21)24/h9-15,17-19H,4-8H2,1-3H3,(H,31,32)/t17-,18-,19+/m0/s1. The molecule has 1 atom stereocenters. The molecule has 1 saturated carbocycles. The summed E-state index contributed by atoms with van der Waals surface area (Å²) in [6.07, 6.45) is 6.16. The Bertz CT molecular complexity index is 1350. The highest BCUT2D eigenvalue weighted by Crippen LogP contribution is 2.43. The molecule has 1 N–H and O–H groups in total. The summed E-state index contributed by atoms with van der Waals surface area (Å²) in [5.74, 6) is 1.67. The highest BCUT2D eigenvalue weighted by molar-refractivity contribution is 5.95. The van der Waals surface area contributed by atoms with Crippen LogP contribution in [0.5, 0.6) is 0 Å². The van der Waals surface area contributed by atoms with Crippen molar-refractivity contribution in [3.63, 3.8) is 0 Å². The van der Waals surface area contributed by atoms with E-state index in [1.165, 1.54) is 11.6 Å². The largest absolute Gasteiger partial charge is 0.462 e. The van der Waals surface area contributed by atoms with Crippen LogP contribution in [0.4, 0.5) is 4.39 Å². The number of aryl methyl sites for hydroxylation is 1. The topological polar surface area (TPSA) is 67.9 Å². The minimum Gasteiger partial charge on any atom is -0.462 e. The zero-order valence-electron chi connectivity index (χ0n) is 19.9. The number of ether oxygens (including phenoxy) is 1. The van der Waals surface area contributed by atoms with Gasteiger partial charge in [-0.15, -0.1) is 0 Å². The summed E-state index contributed by atoms with van der Waals surface area (Å²) in [6, 6.07) is 10.7. The van der Waals surface area contributed by atoms with Gasteiger partial charge in [-0.25, -0.2) is 14.2 Å². The highest BCUT2D eigenvalue weighted by Gasteiger charge is 2.29. The van der Waals surface area contributed by atoms with Crippen molar-refractivity contribution < 1.29 is 13.9 Å². The molecule has 1 aliphatic carbocycles. The molecule has 176 valence electrons. The summed E-state index contributed by atoms with van der Waals surface area (Å²) in [5.41, 5.74) is 5.27. The van der Waals surface area contributed by atoms with Crippen molar-refractivity contribution in [1.82, 2.24) is 15.0 Å². The summed E-state index contributed by atoms with van der Waals surface area (Å²) < 4.78 is 19.1. The summed E-state index contributed by atoms with van der Waals surface area (Å²) in [4.78, 5) is 25.0. The van der Waals surface area contributed by atoms with Crippen LogP contribution in [0.3, 0.4) is 0 Å². The van der Waals surface area contributed by atoms with E-state index in [4.69, 9.17) is 9.72 Å². The predicted molar refractivity (Wildman–Crippen MR) is 132 cm³/mol. The third-order valence-electron chi connectivity index (χ3n) is 7.43. The predicted octanol–water partition coefficient (Wildman–Crippen LogP) is 6.81. The summed E-state index contributed by atoms with van der Waals surface area (Å²) in [5, 5.41) is 0.934. The van der Waals surface area contributed by atoms with Gasteiger partial charge in [-0.2, -0.15) is 0 Å². The number of hydrogen-bond acceptors (Lipinski definition) is 4. The molecule has 0 radical (unpaired) electrons. The number of aromatic amines is 1. The van der Waals surface area contributed by atoms with Crippen LogP contribution in [-0.4, -0.2) is 27.5 Å². The molecule has 2 heterocycles. The lowest BCUT2D eigenvalue weighted by molar-refractivity contribution is 0.0525. The van der Waals surface area contributed by atoms with E-state index in [0.29, 0.717) is 24.0 Å². The fraction of sp³-hybridized carbons (Fsp3) is 0.393. The molecule has 0 unspecified atom stereocenters. The lowest BCUT2D eigenvalue weighted by atomic mass is 9.73. The van der Waals surface area contributed by atoms with Crippen molar-refractivity contribution in [2.24, 2.45) is 5.92 Å². The first-order valence-corrected chi connectivity index (χ1v) is 12.2. The molecule has 0 bridgehead atoms. The van der Waals surface area contributed by atoms with Gasteiger partial charge in [-0.1, -0.05) is 6.92 Å². The van der Waals surface area contributed by atoms with Crippen LogP contribution in [0.1, 0.15) is 78.7 Å². The Morgan fingerprint density at radius 2 is 1.94 bits per heavy atom. The Morgan fingerprint density at radius 3 is 2.71 bits per heavy atom. The van der Waals surface area contributed by atoms with Gasteiger partial charge in [0, 0.05) is 17.5 Å². The Kier molecular flexibility index (Phi) is 6.07. The van der Waals surface area contributed by atoms with Crippen molar-refractivity contribution in [3.05, 3.63) is 70.9 Å². The van der Waals surface area contributed by atoms with Gasteiger partial charge in [0.15, 0.2) is 0 Å². The van der Waals surface area contributed by atoms with Crippen LogP contribution >= 0.6 is 0 Å². The average Bonchev–Trinajstić information content (AvgIpc) is 3.25. The van der Waals surface area contributed by atoms with Gasteiger partial charge in [0.2, 0.25) is 0 Å². The minimum atomic E-state index is -0.304. The van der Waals surface area contributed by atoms with Crippen molar-refractivity contribution in [3.8, 4) is 0 Å². The van der Waals surface area contributed by atoms with Crippen LogP contribution in [-0.2, 0) is 4.74 Å². The number of benzene rings is 2. The molecule has 2 aromatic carbocycles. The van der Waals surface area contributed by atoms with Crippen molar-refractivity contribution in [2.75, 3.05) is 6.61 Å². The molecule has 34 heavy (non-hydrogen) atoms. The van der Waals surface area contributed by atoms with Gasteiger partial charge in [0.05, 0.1) is 28.7 Å². The van der Waals surface area contributed by atoms with E-state index in [-0.39, 0.29) is 17.7 Å². The lowest BCUT2D eigenvalue weighted by Crippen LogP contribution is -2.19. The molecular formula is C28H30FN3O2. The molecule has 6 heteroatoms. The first-order chi connectivity index (χ1) is 16.4. The number of hydrogen-bond donors (Lipinski definition) is 1. The number of rotatable bonds is 5. The number of esters is 1. The molecule has 0 spiro atoms. The van der Waals surface area contributed by atoms with E-state index < -0.39 is 0 Å². The number of aromatic nitrogens is 3. The third kappa shape index (κ3) is 4.17. The fourth-order valence-electron chi connectivity index (χ4n) is 5.48.